The van der Waals surface area contributed by atoms with E-state index in [9.17, 15) is 0 Å². The maximum atomic E-state index is 6.24. The average Bonchev–Trinajstić information content (AvgIpc) is 2.47. The maximum Gasteiger partial charge on any atom is 0.0724 e. The highest BCUT2D eigenvalue weighted by molar-refractivity contribution is 6.41. The van der Waals surface area contributed by atoms with Crippen LogP contribution in [0.15, 0.2) is 36.4 Å². The van der Waals surface area contributed by atoms with Crippen molar-refractivity contribution in [3.63, 3.8) is 0 Å². The van der Waals surface area contributed by atoms with Crippen molar-refractivity contribution in [2.24, 2.45) is 0 Å². The molecule has 21 heavy (non-hydrogen) atoms. The monoisotopic (exact) mass is 341 g/mol. The Morgan fingerprint density at radius 2 is 1.52 bits per heavy atom. The number of benzene rings is 2. The first-order valence-corrected chi connectivity index (χ1v) is 8.18. The van der Waals surface area contributed by atoms with Crippen molar-refractivity contribution in [3.05, 3.63) is 62.6 Å². The van der Waals surface area contributed by atoms with Crippen molar-refractivity contribution in [2.75, 3.05) is 5.32 Å². The molecule has 1 atom stereocenters. The minimum atomic E-state index is 0.159. The highest BCUT2D eigenvalue weighted by Crippen LogP contribution is 2.36. The summed E-state index contributed by atoms with van der Waals surface area (Å²) in [6.07, 6.45) is 1.97. The Morgan fingerprint density at radius 1 is 0.952 bits per heavy atom. The number of rotatable bonds is 5. The number of anilines is 1. The predicted molar refractivity (Wildman–Crippen MR) is 93.9 cm³/mol. The first kappa shape index (κ1) is 16.5. The van der Waals surface area contributed by atoms with Gasteiger partial charge in [0, 0.05) is 5.02 Å². The topological polar surface area (TPSA) is 12.0 Å². The van der Waals surface area contributed by atoms with Gasteiger partial charge in [-0.15, -0.1) is 0 Å². The molecular formula is C17H18Cl3N. The zero-order valence-corrected chi connectivity index (χ0v) is 14.4. The summed E-state index contributed by atoms with van der Waals surface area (Å²) in [7, 11) is 0. The summed E-state index contributed by atoms with van der Waals surface area (Å²) in [5, 5.41) is 5.04. The summed E-state index contributed by atoms with van der Waals surface area (Å²) in [5.74, 6) is 0. The van der Waals surface area contributed by atoms with E-state index >= 15 is 0 Å². The van der Waals surface area contributed by atoms with Crippen LogP contribution in [0.5, 0.6) is 0 Å². The molecule has 0 aliphatic heterocycles. The van der Waals surface area contributed by atoms with E-state index in [0.717, 1.165) is 18.5 Å². The van der Waals surface area contributed by atoms with Crippen LogP contribution in [0.25, 0.3) is 0 Å². The number of halogens is 3. The molecular weight excluding hydrogens is 325 g/mol. The Morgan fingerprint density at radius 3 is 2.00 bits per heavy atom. The van der Waals surface area contributed by atoms with Gasteiger partial charge in [-0.3, -0.25) is 0 Å². The van der Waals surface area contributed by atoms with Gasteiger partial charge in [0.15, 0.2) is 0 Å². The van der Waals surface area contributed by atoms with Gasteiger partial charge in [0.05, 0.1) is 21.8 Å². The molecule has 2 aromatic rings. The summed E-state index contributed by atoms with van der Waals surface area (Å²) < 4.78 is 0. The summed E-state index contributed by atoms with van der Waals surface area (Å²) in [6.45, 7) is 4.28. The van der Waals surface area contributed by atoms with Gasteiger partial charge in [-0.05, 0) is 36.1 Å². The minimum Gasteiger partial charge on any atom is -0.376 e. The predicted octanol–water partition coefficient (Wildman–Crippen LogP) is 6.77. The molecule has 0 bridgehead atoms. The lowest BCUT2D eigenvalue weighted by molar-refractivity contribution is 0.749. The third-order valence-corrected chi connectivity index (χ3v) is 4.34. The first-order chi connectivity index (χ1) is 10.0. The van der Waals surface area contributed by atoms with E-state index < -0.39 is 0 Å². The lowest BCUT2D eigenvalue weighted by Gasteiger charge is -2.21. The van der Waals surface area contributed by atoms with E-state index in [-0.39, 0.29) is 6.04 Å². The minimum absolute atomic E-state index is 0.159. The van der Waals surface area contributed by atoms with Crippen LogP contribution in [-0.2, 0) is 6.42 Å². The summed E-state index contributed by atoms with van der Waals surface area (Å²) >= 11 is 18.4. The average molecular weight is 343 g/mol. The first-order valence-electron chi connectivity index (χ1n) is 7.05. The third kappa shape index (κ3) is 4.06. The lowest BCUT2D eigenvalue weighted by atomic mass is 10.0. The van der Waals surface area contributed by atoms with E-state index in [1.165, 1.54) is 11.1 Å². The Bertz CT molecular complexity index is 585. The molecule has 1 unspecified atom stereocenters. The van der Waals surface area contributed by atoms with Crippen molar-refractivity contribution in [2.45, 2.75) is 32.7 Å². The van der Waals surface area contributed by atoms with Crippen LogP contribution in [0.4, 0.5) is 5.69 Å². The summed E-state index contributed by atoms with van der Waals surface area (Å²) in [6, 6.07) is 12.2. The molecule has 0 radical (unpaired) electrons. The smallest absolute Gasteiger partial charge is 0.0724 e. The standard InChI is InChI=1S/C17H18Cl3N/c1-3-11-5-7-12(8-6-11)16(4-2)21-17-14(19)9-13(18)10-15(17)20/h5-10,16,21H,3-4H2,1-2H3. The van der Waals surface area contributed by atoms with Gasteiger partial charge >= 0.3 is 0 Å². The van der Waals surface area contributed by atoms with Crippen LogP contribution in [0.2, 0.25) is 15.1 Å². The van der Waals surface area contributed by atoms with E-state index in [1.54, 1.807) is 12.1 Å². The van der Waals surface area contributed by atoms with E-state index in [2.05, 4.69) is 43.4 Å². The molecule has 112 valence electrons. The lowest BCUT2D eigenvalue weighted by Crippen LogP contribution is -2.10. The number of aryl methyl sites for hydroxylation is 1. The molecule has 1 nitrogen and oxygen atoms in total. The molecule has 0 saturated heterocycles. The molecule has 0 aliphatic carbocycles. The van der Waals surface area contributed by atoms with E-state index in [0.29, 0.717) is 15.1 Å². The second-order valence-electron chi connectivity index (χ2n) is 4.94. The van der Waals surface area contributed by atoms with Crippen molar-refractivity contribution < 1.29 is 0 Å². The molecule has 2 rings (SSSR count). The highest BCUT2D eigenvalue weighted by atomic mass is 35.5. The molecule has 1 N–H and O–H groups in total. The third-order valence-electron chi connectivity index (χ3n) is 3.52. The molecule has 0 fully saturated rings. The quantitative estimate of drug-likeness (QED) is 0.632. The molecule has 2 aromatic carbocycles. The number of nitrogens with one attached hydrogen (secondary N) is 1. The Hall–Kier alpha value is -0.890. The maximum absolute atomic E-state index is 6.24. The van der Waals surface area contributed by atoms with Crippen LogP contribution in [0.3, 0.4) is 0 Å². The van der Waals surface area contributed by atoms with Crippen LogP contribution >= 0.6 is 34.8 Å². The van der Waals surface area contributed by atoms with Crippen molar-refractivity contribution in [1.29, 1.82) is 0 Å². The summed E-state index contributed by atoms with van der Waals surface area (Å²) in [5.41, 5.74) is 3.28. The molecule has 0 saturated carbocycles. The Kier molecular flexibility index (Phi) is 5.80. The molecule has 0 spiro atoms. The largest absolute Gasteiger partial charge is 0.376 e. The van der Waals surface area contributed by atoms with Crippen LogP contribution < -0.4 is 5.32 Å². The molecule has 0 heterocycles. The Balaban J connectivity index is 2.26. The summed E-state index contributed by atoms with van der Waals surface area (Å²) in [4.78, 5) is 0. The highest BCUT2D eigenvalue weighted by Gasteiger charge is 2.14. The van der Waals surface area contributed by atoms with Gasteiger partial charge in [0.1, 0.15) is 0 Å². The van der Waals surface area contributed by atoms with Gasteiger partial charge in [-0.2, -0.15) is 0 Å². The van der Waals surface area contributed by atoms with E-state index in [4.69, 9.17) is 34.8 Å². The molecule has 4 heteroatoms. The normalized spacial score (nSPS) is 12.2. The van der Waals surface area contributed by atoms with Crippen molar-refractivity contribution in [1.82, 2.24) is 0 Å². The van der Waals surface area contributed by atoms with Crippen molar-refractivity contribution >= 4 is 40.5 Å². The zero-order chi connectivity index (χ0) is 15.4. The van der Waals surface area contributed by atoms with Crippen molar-refractivity contribution in [3.8, 4) is 0 Å². The van der Waals surface area contributed by atoms with Gasteiger partial charge in [0.25, 0.3) is 0 Å². The fraction of sp³-hybridized carbons (Fsp3) is 0.294. The van der Waals surface area contributed by atoms with Gasteiger partial charge in [0.2, 0.25) is 0 Å². The Labute approximate surface area is 141 Å². The zero-order valence-electron chi connectivity index (χ0n) is 12.1. The van der Waals surface area contributed by atoms with Gasteiger partial charge in [-0.1, -0.05) is 72.9 Å². The number of hydrogen-bond acceptors (Lipinski definition) is 1. The van der Waals surface area contributed by atoms with Gasteiger partial charge < -0.3 is 5.32 Å². The molecule has 0 amide bonds. The molecule has 0 aliphatic rings. The number of hydrogen-bond donors (Lipinski definition) is 1. The van der Waals surface area contributed by atoms with E-state index in [1.807, 2.05) is 0 Å². The fourth-order valence-corrected chi connectivity index (χ4v) is 3.19. The molecule has 0 aromatic heterocycles. The van der Waals surface area contributed by atoms with Gasteiger partial charge in [-0.25, -0.2) is 0 Å². The van der Waals surface area contributed by atoms with Crippen LogP contribution in [-0.4, -0.2) is 0 Å². The second kappa shape index (κ2) is 7.40. The SMILES string of the molecule is CCc1ccc(C(CC)Nc2c(Cl)cc(Cl)cc2Cl)cc1. The fourth-order valence-electron chi connectivity index (χ4n) is 2.26. The van der Waals surface area contributed by atoms with Crippen LogP contribution in [0, 0.1) is 0 Å². The van der Waals surface area contributed by atoms with Crippen LogP contribution in [0.1, 0.15) is 37.4 Å². The second-order valence-corrected chi connectivity index (χ2v) is 6.20.